The summed E-state index contributed by atoms with van der Waals surface area (Å²) in [5.41, 5.74) is 0.361. The Balaban J connectivity index is 1.96. The average Bonchev–Trinajstić information content (AvgIpc) is 2.54. The first kappa shape index (κ1) is 15.2. The van der Waals surface area contributed by atoms with Gasteiger partial charge in [-0.15, -0.1) is 0 Å². The summed E-state index contributed by atoms with van der Waals surface area (Å²) < 4.78 is 4.89. The zero-order chi connectivity index (χ0) is 15.2. The van der Waals surface area contributed by atoms with E-state index in [0.29, 0.717) is 31.1 Å². The highest BCUT2D eigenvalue weighted by molar-refractivity contribution is 5.88. The van der Waals surface area contributed by atoms with Crippen molar-refractivity contribution in [2.24, 2.45) is 0 Å². The molecule has 21 heavy (non-hydrogen) atoms. The number of likely N-dealkylation sites (tertiary alicyclic amines) is 1. The second kappa shape index (κ2) is 6.97. The number of rotatable bonds is 4. The van der Waals surface area contributed by atoms with Crippen LogP contribution in [0.4, 0.5) is 0 Å². The third kappa shape index (κ3) is 3.65. The van der Waals surface area contributed by atoms with Crippen LogP contribution < -0.4 is 0 Å². The number of ether oxygens (including phenoxy) is 1. The van der Waals surface area contributed by atoms with Crippen LogP contribution in [0.5, 0.6) is 0 Å². The molecule has 6 nitrogen and oxygen atoms in total. The van der Waals surface area contributed by atoms with Gasteiger partial charge in [0.1, 0.15) is 5.82 Å². The Morgan fingerprint density at radius 3 is 2.52 bits per heavy atom. The average molecular weight is 289 g/mol. The maximum absolute atomic E-state index is 11.5. The van der Waals surface area contributed by atoms with Crippen LogP contribution in [0.25, 0.3) is 0 Å². The van der Waals surface area contributed by atoms with Gasteiger partial charge in [0.15, 0.2) is 0 Å². The molecule has 112 valence electrons. The molecule has 1 aliphatic rings. The van der Waals surface area contributed by atoms with Crippen molar-refractivity contribution < 1.29 is 14.3 Å². The monoisotopic (exact) mass is 289 g/mol. The minimum Gasteiger partial charge on any atom is -0.462 e. The summed E-state index contributed by atoms with van der Waals surface area (Å²) in [6, 6.07) is 0. The molecule has 1 aliphatic heterocycles. The molecule has 6 heteroatoms. The van der Waals surface area contributed by atoms with E-state index in [1.54, 1.807) is 11.8 Å². The Bertz CT molecular complexity index is 519. The zero-order valence-electron chi connectivity index (χ0n) is 12.1. The second-order valence-corrected chi connectivity index (χ2v) is 4.85. The molecule has 0 aliphatic carbocycles. The number of carbonyl (C=O) groups excluding carboxylic acids is 2. The van der Waals surface area contributed by atoms with Crippen molar-refractivity contribution in [2.45, 2.75) is 25.7 Å². The van der Waals surface area contributed by atoms with E-state index in [-0.39, 0.29) is 11.8 Å². The zero-order valence-corrected chi connectivity index (χ0v) is 12.1. The highest BCUT2D eigenvalue weighted by Crippen LogP contribution is 2.25. The van der Waals surface area contributed by atoms with Gasteiger partial charge in [0.05, 0.1) is 12.2 Å². The molecule has 1 aromatic heterocycles. The van der Waals surface area contributed by atoms with E-state index in [1.165, 1.54) is 18.5 Å². The molecule has 1 fully saturated rings. The van der Waals surface area contributed by atoms with Crippen LogP contribution in [0, 0.1) is 0 Å². The number of hydrogen-bond acceptors (Lipinski definition) is 5. The SMILES string of the molecule is C=CC(=O)N1CCC(c2ncc(C(=O)OCC)cn2)CC1. The topological polar surface area (TPSA) is 72.4 Å². The number of aromatic nitrogens is 2. The maximum Gasteiger partial charge on any atom is 0.341 e. The predicted octanol–water partition coefficient (Wildman–Crippen LogP) is 1.55. The van der Waals surface area contributed by atoms with Gasteiger partial charge in [-0.25, -0.2) is 14.8 Å². The smallest absolute Gasteiger partial charge is 0.341 e. The van der Waals surface area contributed by atoms with Crippen molar-refractivity contribution >= 4 is 11.9 Å². The Morgan fingerprint density at radius 1 is 1.38 bits per heavy atom. The first-order chi connectivity index (χ1) is 10.2. The number of carbonyl (C=O) groups is 2. The van der Waals surface area contributed by atoms with Crippen molar-refractivity contribution in [3.63, 3.8) is 0 Å². The minimum absolute atomic E-state index is 0.0352. The van der Waals surface area contributed by atoms with Crippen LogP contribution in [0.15, 0.2) is 25.0 Å². The molecule has 1 aromatic rings. The predicted molar refractivity (Wildman–Crippen MR) is 76.7 cm³/mol. The lowest BCUT2D eigenvalue weighted by atomic mass is 9.96. The van der Waals surface area contributed by atoms with E-state index in [9.17, 15) is 9.59 Å². The Hall–Kier alpha value is -2.24. The molecule has 2 rings (SSSR count). The van der Waals surface area contributed by atoms with E-state index in [2.05, 4.69) is 16.5 Å². The number of esters is 1. The van der Waals surface area contributed by atoms with Gasteiger partial charge in [-0.3, -0.25) is 4.79 Å². The molecule has 0 spiro atoms. The maximum atomic E-state index is 11.5. The summed E-state index contributed by atoms with van der Waals surface area (Å²) in [5, 5.41) is 0. The van der Waals surface area contributed by atoms with Gasteiger partial charge in [-0.2, -0.15) is 0 Å². The highest BCUT2D eigenvalue weighted by Gasteiger charge is 2.24. The summed E-state index contributed by atoms with van der Waals surface area (Å²) >= 11 is 0. The van der Waals surface area contributed by atoms with Gasteiger partial charge >= 0.3 is 5.97 Å². The van der Waals surface area contributed by atoms with Gasteiger partial charge in [0, 0.05) is 31.4 Å². The molecule has 1 saturated heterocycles. The molecule has 0 saturated carbocycles. The van der Waals surface area contributed by atoms with Crippen molar-refractivity contribution in [3.05, 3.63) is 36.4 Å². The first-order valence-electron chi connectivity index (χ1n) is 7.06. The number of amides is 1. The lowest BCUT2D eigenvalue weighted by Crippen LogP contribution is -2.37. The Morgan fingerprint density at radius 2 is 2.00 bits per heavy atom. The molecule has 0 atom stereocenters. The molecule has 0 radical (unpaired) electrons. The summed E-state index contributed by atoms with van der Waals surface area (Å²) in [7, 11) is 0. The van der Waals surface area contributed by atoms with E-state index in [4.69, 9.17) is 4.74 Å². The van der Waals surface area contributed by atoms with Gasteiger partial charge < -0.3 is 9.64 Å². The van der Waals surface area contributed by atoms with Crippen LogP contribution >= 0.6 is 0 Å². The molecule has 1 amide bonds. The van der Waals surface area contributed by atoms with E-state index >= 15 is 0 Å². The van der Waals surface area contributed by atoms with Crippen LogP contribution in [0.3, 0.4) is 0 Å². The van der Waals surface area contributed by atoms with Gasteiger partial charge in [0.25, 0.3) is 0 Å². The molecular weight excluding hydrogens is 270 g/mol. The van der Waals surface area contributed by atoms with Crippen LogP contribution in [-0.2, 0) is 9.53 Å². The molecule has 2 heterocycles. The number of hydrogen-bond donors (Lipinski definition) is 0. The second-order valence-electron chi connectivity index (χ2n) is 4.85. The van der Waals surface area contributed by atoms with Crippen molar-refractivity contribution in [3.8, 4) is 0 Å². The normalized spacial score (nSPS) is 15.6. The molecule has 0 aromatic carbocycles. The molecular formula is C15H19N3O3. The van der Waals surface area contributed by atoms with E-state index in [0.717, 1.165) is 12.8 Å². The van der Waals surface area contributed by atoms with Gasteiger partial charge in [-0.1, -0.05) is 6.58 Å². The first-order valence-corrected chi connectivity index (χ1v) is 7.06. The van der Waals surface area contributed by atoms with Crippen molar-refractivity contribution in [1.82, 2.24) is 14.9 Å². The molecule has 0 unspecified atom stereocenters. The fourth-order valence-corrected chi connectivity index (χ4v) is 2.36. The number of piperidine rings is 1. The largest absolute Gasteiger partial charge is 0.462 e. The van der Waals surface area contributed by atoms with Crippen LogP contribution in [-0.4, -0.2) is 46.4 Å². The third-order valence-corrected chi connectivity index (χ3v) is 3.53. The summed E-state index contributed by atoms with van der Waals surface area (Å²) in [4.78, 5) is 33.3. The van der Waals surface area contributed by atoms with E-state index in [1.807, 2.05) is 0 Å². The molecule has 0 N–H and O–H groups in total. The van der Waals surface area contributed by atoms with Crippen molar-refractivity contribution in [1.29, 1.82) is 0 Å². The third-order valence-electron chi connectivity index (χ3n) is 3.53. The van der Waals surface area contributed by atoms with Gasteiger partial charge in [-0.05, 0) is 25.8 Å². The quantitative estimate of drug-likeness (QED) is 0.621. The fraction of sp³-hybridized carbons (Fsp3) is 0.467. The Kier molecular flexibility index (Phi) is 5.03. The van der Waals surface area contributed by atoms with E-state index < -0.39 is 5.97 Å². The van der Waals surface area contributed by atoms with Crippen molar-refractivity contribution in [2.75, 3.05) is 19.7 Å². The lowest BCUT2D eigenvalue weighted by molar-refractivity contribution is -0.127. The standard InChI is InChI=1S/C15H19N3O3/c1-3-13(19)18-7-5-11(6-8-18)14-16-9-12(10-17-14)15(20)21-4-2/h3,9-11H,1,4-8H2,2H3. The summed E-state index contributed by atoms with van der Waals surface area (Å²) in [6.45, 7) is 6.94. The summed E-state index contributed by atoms with van der Waals surface area (Å²) in [5.74, 6) is 0.492. The van der Waals surface area contributed by atoms with Crippen LogP contribution in [0.2, 0.25) is 0 Å². The van der Waals surface area contributed by atoms with Gasteiger partial charge in [0.2, 0.25) is 5.91 Å². The highest BCUT2D eigenvalue weighted by atomic mass is 16.5. The minimum atomic E-state index is -0.407. The Labute approximate surface area is 123 Å². The fourth-order valence-electron chi connectivity index (χ4n) is 2.36. The molecule has 0 bridgehead atoms. The van der Waals surface area contributed by atoms with Crippen LogP contribution in [0.1, 0.15) is 41.9 Å². The lowest BCUT2D eigenvalue weighted by Gasteiger charge is -2.30. The number of nitrogens with zero attached hydrogens (tertiary/aromatic N) is 3. The summed E-state index contributed by atoms with van der Waals surface area (Å²) in [6.07, 6.45) is 5.98.